The second kappa shape index (κ2) is 7.83. The van der Waals surface area contributed by atoms with Gasteiger partial charge in [0.15, 0.2) is 5.41 Å². The van der Waals surface area contributed by atoms with Crippen LogP contribution < -0.4 is 0 Å². The molecule has 0 amide bonds. The maximum absolute atomic E-state index is 13.3. The van der Waals surface area contributed by atoms with Gasteiger partial charge in [-0.1, -0.05) is 48.0 Å². The van der Waals surface area contributed by atoms with Crippen LogP contribution in [0.15, 0.2) is 0 Å². The van der Waals surface area contributed by atoms with Crippen LogP contribution in [0.3, 0.4) is 0 Å². The van der Waals surface area contributed by atoms with E-state index in [1.807, 2.05) is 27.7 Å². The highest BCUT2D eigenvalue weighted by Gasteiger charge is 2.75. The molecule has 1 aliphatic heterocycles. The molecule has 170 valence electrons. The Morgan fingerprint density at radius 2 is 1.90 bits per heavy atom. The molecule has 0 radical (unpaired) electrons. The zero-order valence-corrected chi connectivity index (χ0v) is 19.6. The highest BCUT2D eigenvalue weighted by atomic mass is 16.6. The summed E-state index contributed by atoms with van der Waals surface area (Å²) < 4.78 is 17.1. The molecule has 6 atom stereocenters. The van der Waals surface area contributed by atoms with Crippen molar-refractivity contribution in [1.82, 2.24) is 0 Å². The molecule has 0 N–H and O–H groups in total. The van der Waals surface area contributed by atoms with Gasteiger partial charge in [0, 0.05) is 11.8 Å². The largest absolute Gasteiger partial charge is 0.465 e. The maximum Gasteiger partial charge on any atom is 0.324 e. The molecule has 0 spiro atoms. The Bertz CT molecular complexity index is 707. The summed E-state index contributed by atoms with van der Waals surface area (Å²) in [4.78, 5) is 38.9. The van der Waals surface area contributed by atoms with Crippen LogP contribution in [0.5, 0.6) is 0 Å². The minimum absolute atomic E-state index is 0.0239. The fourth-order valence-corrected chi connectivity index (χ4v) is 5.74. The molecule has 1 heterocycles. The van der Waals surface area contributed by atoms with Crippen molar-refractivity contribution in [2.75, 3.05) is 6.61 Å². The lowest BCUT2D eigenvalue weighted by atomic mass is 9.68. The number of carbonyl (C=O) groups is 3. The molecule has 2 saturated carbocycles. The van der Waals surface area contributed by atoms with Crippen LogP contribution >= 0.6 is 0 Å². The van der Waals surface area contributed by atoms with Crippen molar-refractivity contribution in [1.29, 1.82) is 0 Å². The zero-order chi connectivity index (χ0) is 22.5. The molecule has 3 fully saturated rings. The van der Waals surface area contributed by atoms with Crippen molar-refractivity contribution in [3.05, 3.63) is 0 Å². The number of unbranched alkanes of at least 4 members (excludes halogenated alkanes) is 1. The first-order valence-corrected chi connectivity index (χ1v) is 11.5. The van der Waals surface area contributed by atoms with Gasteiger partial charge in [-0.05, 0) is 43.9 Å². The lowest BCUT2D eigenvalue weighted by molar-refractivity contribution is -0.175. The molecule has 0 aromatic carbocycles. The van der Waals surface area contributed by atoms with Crippen molar-refractivity contribution in [3.8, 4) is 0 Å². The predicted octanol–water partition coefficient (Wildman–Crippen LogP) is 4.29. The van der Waals surface area contributed by atoms with Gasteiger partial charge in [0.1, 0.15) is 12.2 Å². The summed E-state index contributed by atoms with van der Waals surface area (Å²) in [5.74, 6) is -1.37. The Hall–Kier alpha value is -1.59. The molecular formula is C24H38O6. The SMILES string of the molecule is CCCCOC(=O)C12CC3CC1C(OC2=O)C3OC(=O)C(C)(CC(C)(C)C)C(C)C. The standard InChI is InChI=1S/C24H38O6/c1-8-9-10-28-20(26)24-12-15-11-16(24)18(30-21(24)27)17(15)29-19(25)23(7,14(2)3)13-22(4,5)6/h14-18H,8-13H2,1-7H3. The average molecular weight is 423 g/mol. The van der Waals surface area contributed by atoms with Gasteiger partial charge in [0.2, 0.25) is 0 Å². The van der Waals surface area contributed by atoms with E-state index in [1.165, 1.54) is 0 Å². The van der Waals surface area contributed by atoms with E-state index in [2.05, 4.69) is 20.8 Å². The Morgan fingerprint density at radius 1 is 1.23 bits per heavy atom. The molecule has 6 nitrogen and oxygen atoms in total. The van der Waals surface area contributed by atoms with E-state index in [9.17, 15) is 14.4 Å². The van der Waals surface area contributed by atoms with E-state index >= 15 is 0 Å². The molecule has 2 aliphatic carbocycles. The number of ether oxygens (including phenoxy) is 3. The van der Waals surface area contributed by atoms with Crippen LogP contribution in [-0.2, 0) is 28.6 Å². The smallest absolute Gasteiger partial charge is 0.324 e. The summed E-state index contributed by atoms with van der Waals surface area (Å²) in [6.45, 7) is 14.8. The number of carbonyl (C=O) groups excluding carboxylic acids is 3. The molecule has 3 aliphatic rings. The first kappa shape index (κ1) is 23.1. The number of rotatable bonds is 8. The van der Waals surface area contributed by atoms with Gasteiger partial charge in [0.05, 0.1) is 12.0 Å². The summed E-state index contributed by atoms with van der Waals surface area (Å²) in [6.07, 6.45) is 2.41. The van der Waals surface area contributed by atoms with Crippen molar-refractivity contribution in [2.45, 2.75) is 92.8 Å². The van der Waals surface area contributed by atoms with Gasteiger partial charge in [0.25, 0.3) is 0 Å². The van der Waals surface area contributed by atoms with Gasteiger partial charge in [-0.25, -0.2) is 0 Å². The number of hydrogen-bond acceptors (Lipinski definition) is 6. The highest BCUT2D eigenvalue weighted by molar-refractivity contribution is 6.03. The third-order valence-electron chi connectivity index (χ3n) is 7.54. The van der Waals surface area contributed by atoms with Crippen molar-refractivity contribution < 1.29 is 28.6 Å². The summed E-state index contributed by atoms with van der Waals surface area (Å²) in [6, 6.07) is 0. The molecule has 30 heavy (non-hydrogen) atoms. The number of fused-ring (bicyclic) bond motifs is 1. The Kier molecular flexibility index (Phi) is 6.02. The van der Waals surface area contributed by atoms with Crippen LogP contribution in [0.4, 0.5) is 0 Å². The Labute approximate surface area is 180 Å². The lowest BCUT2D eigenvalue weighted by Gasteiger charge is -2.39. The molecular weight excluding hydrogens is 384 g/mol. The molecule has 0 aromatic rings. The van der Waals surface area contributed by atoms with E-state index in [-0.39, 0.29) is 29.1 Å². The van der Waals surface area contributed by atoms with Gasteiger partial charge >= 0.3 is 17.9 Å². The van der Waals surface area contributed by atoms with E-state index in [0.717, 1.165) is 12.8 Å². The normalized spacial score (nSPS) is 34.1. The van der Waals surface area contributed by atoms with Gasteiger partial charge in [-0.2, -0.15) is 0 Å². The van der Waals surface area contributed by atoms with Gasteiger partial charge in [-0.15, -0.1) is 0 Å². The van der Waals surface area contributed by atoms with E-state index < -0.39 is 35.0 Å². The van der Waals surface area contributed by atoms with E-state index in [0.29, 0.717) is 25.9 Å². The van der Waals surface area contributed by atoms with Crippen LogP contribution in [0.2, 0.25) is 0 Å². The van der Waals surface area contributed by atoms with Gasteiger partial charge < -0.3 is 14.2 Å². The average Bonchev–Trinajstić information content (AvgIpc) is 3.22. The molecule has 0 aromatic heterocycles. The topological polar surface area (TPSA) is 78.9 Å². The van der Waals surface area contributed by atoms with Gasteiger partial charge in [-0.3, -0.25) is 14.4 Å². The molecule has 6 unspecified atom stereocenters. The second-order valence-corrected chi connectivity index (χ2v) is 11.3. The van der Waals surface area contributed by atoms with Crippen molar-refractivity contribution in [3.63, 3.8) is 0 Å². The Balaban J connectivity index is 1.74. The van der Waals surface area contributed by atoms with Crippen LogP contribution in [0.1, 0.15) is 80.6 Å². The maximum atomic E-state index is 13.3. The third-order valence-corrected chi connectivity index (χ3v) is 7.54. The van der Waals surface area contributed by atoms with Crippen molar-refractivity contribution >= 4 is 17.9 Å². The quantitative estimate of drug-likeness (QED) is 0.251. The highest BCUT2D eigenvalue weighted by Crippen LogP contribution is 2.63. The number of hydrogen-bond donors (Lipinski definition) is 0. The third kappa shape index (κ3) is 3.64. The fraction of sp³-hybridized carbons (Fsp3) is 0.875. The summed E-state index contributed by atoms with van der Waals surface area (Å²) in [5.41, 5.74) is -1.85. The molecule has 1 saturated heterocycles. The minimum atomic E-state index is -1.20. The first-order valence-electron chi connectivity index (χ1n) is 11.5. The Morgan fingerprint density at radius 3 is 2.47 bits per heavy atom. The second-order valence-electron chi connectivity index (χ2n) is 11.3. The summed E-state index contributed by atoms with van der Waals surface area (Å²) in [5, 5.41) is 0. The van der Waals surface area contributed by atoms with E-state index in [4.69, 9.17) is 14.2 Å². The lowest BCUT2D eigenvalue weighted by Crippen LogP contribution is -2.47. The zero-order valence-electron chi connectivity index (χ0n) is 19.6. The fourth-order valence-electron chi connectivity index (χ4n) is 5.74. The van der Waals surface area contributed by atoms with Crippen LogP contribution in [0.25, 0.3) is 0 Å². The van der Waals surface area contributed by atoms with E-state index in [1.54, 1.807) is 0 Å². The minimum Gasteiger partial charge on any atom is -0.465 e. The number of esters is 3. The summed E-state index contributed by atoms with van der Waals surface area (Å²) >= 11 is 0. The van der Waals surface area contributed by atoms with Crippen molar-refractivity contribution in [2.24, 2.45) is 34.0 Å². The monoisotopic (exact) mass is 422 g/mol. The first-order chi connectivity index (χ1) is 13.9. The molecule has 6 heteroatoms. The van der Waals surface area contributed by atoms with Crippen LogP contribution in [-0.4, -0.2) is 36.7 Å². The predicted molar refractivity (Wildman–Crippen MR) is 111 cm³/mol. The molecule has 3 rings (SSSR count). The summed E-state index contributed by atoms with van der Waals surface area (Å²) in [7, 11) is 0. The molecule has 2 bridgehead atoms. The van der Waals surface area contributed by atoms with Crippen LogP contribution in [0, 0.1) is 34.0 Å².